The first-order chi connectivity index (χ1) is 8.54. The fourth-order valence-corrected chi connectivity index (χ4v) is 1.84. The van der Waals surface area contributed by atoms with Crippen LogP contribution < -0.4 is 5.73 Å². The third-order valence-corrected chi connectivity index (χ3v) is 3.09. The van der Waals surface area contributed by atoms with E-state index in [4.69, 9.17) is 10.9 Å². The maximum absolute atomic E-state index is 8.54. The molecule has 1 aromatic heterocycles. The molecule has 1 aromatic rings. The van der Waals surface area contributed by atoms with Gasteiger partial charge in [-0.25, -0.2) is 0 Å². The lowest BCUT2D eigenvalue weighted by Crippen LogP contribution is -2.35. The predicted octanol–water partition coefficient (Wildman–Crippen LogP) is 0.809. The Hall–Kier alpha value is -1.56. The summed E-state index contributed by atoms with van der Waals surface area (Å²) in [7, 11) is 1.95. The van der Waals surface area contributed by atoms with Crippen LogP contribution in [-0.2, 0) is 13.5 Å². The maximum Gasteiger partial charge on any atom is 0.140 e. The largest absolute Gasteiger partial charge is 0.409 e. The number of nitrogens with zero attached hydrogens (tertiary/aromatic N) is 4. The minimum Gasteiger partial charge on any atom is -0.409 e. The van der Waals surface area contributed by atoms with Crippen LogP contribution in [0.5, 0.6) is 0 Å². The molecule has 0 aliphatic heterocycles. The van der Waals surface area contributed by atoms with Crippen molar-refractivity contribution in [3.63, 3.8) is 0 Å². The molecule has 0 aromatic carbocycles. The Morgan fingerprint density at radius 2 is 2.28 bits per heavy atom. The first kappa shape index (κ1) is 14.5. The molecule has 0 unspecified atom stereocenters. The molecule has 0 saturated carbocycles. The van der Waals surface area contributed by atoms with Crippen LogP contribution >= 0.6 is 0 Å². The Labute approximate surface area is 108 Å². The molecule has 18 heavy (non-hydrogen) atoms. The molecule has 0 amide bonds. The van der Waals surface area contributed by atoms with Crippen LogP contribution in [0, 0.1) is 0 Å². The van der Waals surface area contributed by atoms with Gasteiger partial charge in [-0.1, -0.05) is 5.16 Å². The van der Waals surface area contributed by atoms with Gasteiger partial charge in [0.25, 0.3) is 0 Å². The van der Waals surface area contributed by atoms with Crippen LogP contribution in [0.1, 0.15) is 26.0 Å². The van der Waals surface area contributed by atoms with E-state index in [-0.39, 0.29) is 5.84 Å². The van der Waals surface area contributed by atoms with E-state index >= 15 is 0 Å². The van der Waals surface area contributed by atoms with Crippen LogP contribution in [0.4, 0.5) is 0 Å². The van der Waals surface area contributed by atoms with Crippen molar-refractivity contribution in [2.45, 2.75) is 32.7 Å². The van der Waals surface area contributed by atoms with Gasteiger partial charge in [-0.2, -0.15) is 5.10 Å². The molecular weight excluding hydrogens is 230 g/mol. The third-order valence-electron chi connectivity index (χ3n) is 3.09. The summed E-state index contributed by atoms with van der Waals surface area (Å²) in [6, 6.07) is 2.46. The number of hydrogen-bond acceptors (Lipinski definition) is 4. The Balaban J connectivity index is 2.46. The van der Waals surface area contributed by atoms with Gasteiger partial charge >= 0.3 is 0 Å². The molecule has 1 rings (SSSR count). The van der Waals surface area contributed by atoms with E-state index in [1.54, 1.807) is 0 Å². The molecule has 6 heteroatoms. The van der Waals surface area contributed by atoms with Gasteiger partial charge in [0.2, 0.25) is 0 Å². The highest BCUT2D eigenvalue weighted by Gasteiger charge is 2.11. The van der Waals surface area contributed by atoms with Gasteiger partial charge in [-0.05, 0) is 19.9 Å². The van der Waals surface area contributed by atoms with Crippen LogP contribution in [0.2, 0.25) is 0 Å². The SMILES string of the molecule is CC(C)N(CCC(N)=NO)CCc1ccnn1C. The predicted molar refractivity (Wildman–Crippen MR) is 71.6 cm³/mol. The number of nitrogens with two attached hydrogens (primary N) is 1. The summed E-state index contributed by atoms with van der Waals surface area (Å²) in [5.74, 6) is 0.279. The highest BCUT2D eigenvalue weighted by atomic mass is 16.4. The zero-order valence-electron chi connectivity index (χ0n) is 11.4. The zero-order valence-corrected chi connectivity index (χ0v) is 11.4. The summed E-state index contributed by atoms with van der Waals surface area (Å²) < 4.78 is 1.89. The average Bonchev–Trinajstić information content (AvgIpc) is 2.74. The molecule has 0 radical (unpaired) electrons. The maximum atomic E-state index is 8.54. The monoisotopic (exact) mass is 253 g/mol. The summed E-state index contributed by atoms with van der Waals surface area (Å²) in [5, 5.41) is 15.7. The van der Waals surface area contributed by atoms with E-state index in [2.05, 4.69) is 29.0 Å². The smallest absolute Gasteiger partial charge is 0.140 e. The minimum absolute atomic E-state index is 0.279. The lowest BCUT2D eigenvalue weighted by atomic mass is 10.2. The quantitative estimate of drug-likeness (QED) is 0.326. The first-order valence-corrected chi connectivity index (χ1v) is 6.22. The molecule has 1 heterocycles. The highest BCUT2D eigenvalue weighted by Crippen LogP contribution is 2.04. The molecule has 6 nitrogen and oxygen atoms in total. The summed E-state index contributed by atoms with van der Waals surface area (Å²) in [4.78, 5) is 2.31. The second-order valence-corrected chi connectivity index (χ2v) is 4.67. The van der Waals surface area contributed by atoms with Crippen LogP contribution in [0.3, 0.4) is 0 Å². The molecule has 0 aliphatic carbocycles. The summed E-state index contributed by atoms with van der Waals surface area (Å²) >= 11 is 0. The van der Waals surface area contributed by atoms with E-state index in [0.717, 1.165) is 19.5 Å². The van der Waals surface area contributed by atoms with Crippen LogP contribution in [0.25, 0.3) is 0 Å². The van der Waals surface area contributed by atoms with Gasteiger partial charge in [0, 0.05) is 50.9 Å². The molecule has 0 atom stereocenters. The van der Waals surface area contributed by atoms with Crippen LogP contribution in [-0.4, -0.2) is 44.9 Å². The number of hydrogen-bond donors (Lipinski definition) is 2. The topological polar surface area (TPSA) is 79.7 Å². The minimum atomic E-state index is 0.279. The Kier molecular flexibility index (Phi) is 5.64. The molecule has 3 N–H and O–H groups in total. The van der Waals surface area contributed by atoms with Gasteiger partial charge in [0.1, 0.15) is 5.84 Å². The first-order valence-electron chi connectivity index (χ1n) is 6.22. The number of oxime groups is 1. The van der Waals surface area contributed by atoms with Gasteiger partial charge in [0.15, 0.2) is 0 Å². The van der Waals surface area contributed by atoms with Crippen molar-refractivity contribution in [3.05, 3.63) is 18.0 Å². The van der Waals surface area contributed by atoms with Gasteiger partial charge in [0.05, 0.1) is 0 Å². The molecule has 0 aliphatic rings. The fraction of sp³-hybridized carbons (Fsp3) is 0.667. The molecular formula is C12H23N5O. The lowest BCUT2D eigenvalue weighted by molar-refractivity contribution is 0.228. The second-order valence-electron chi connectivity index (χ2n) is 4.67. The average molecular weight is 253 g/mol. The zero-order chi connectivity index (χ0) is 13.5. The van der Waals surface area contributed by atoms with Crippen molar-refractivity contribution in [1.82, 2.24) is 14.7 Å². The summed E-state index contributed by atoms with van der Waals surface area (Å²) in [6.45, 7) is 6.03. The standard InChI is InChI=1S/C12H23N5O/c1-10(2)17(9-6-12(13)15-18)8-5-11-4-7-14-16(11)3/h4,7,10,18H,5-6,8-9H2,1-3H3,(H2,13,15). The summed E-state index contributed by atoms with van der Waals surface area (Å²) in [6.07, 6.45) is 3.34. The van der Waals surface area contributed by atoms with Gasteiger partial charge < -0.3 is 15.8 Å². The van der Waals surface area contributed by atoms with Crippen molar-refractivity contribution in [3.8, 4) is 0 Å². The van der Waals surface area contributed by atoms with E-state index in [9.17, 15) is 0 Å². The third kappa shape index (κ3) is 4.37. The van der Waals surface area contributed by atoms with Gasteiger partial charge in [-0.15, -0.1) is 0 Å². The van der Waals surface area contributed by atoms with E-state index < -0.39 is 0 Å². The Morgan fingerprint density at radius 3 is 2.78 bits per heavy atom. The second kappa shape index (κ2) is 7.00. The fourth-order valence-electron chi connectivity index (χ4n) is 1.84. The molecule has 102 valence electrons. The normalized spacial score (nSPS) is 12.6. The number of amidine groups is 1. The van der Waals surface area contributed by atoms with Crippen molar-refractivity contribution >= 4 is 5.84 Å². The Bertz CT molecular complexity index is 386. The van der Waals surface area contributed by atoms with Crippen molar-refractivity contribution in [2.75, 3.05) is 13.1 Å². The van der Waals surface area contributed by atoms with Crippen molar-refractivity contribution < 1.29 is 5.21 Å². The number of aromatic nitrogens is 2. The molecule has 0 spiro atoms. The van der Waals surface area contributed by atoms with Crippen molar-refractivity contribution in [2.24, 2.45) is 17.9 Å². The number of rotatable bonds is 7. The lowest BCUT2D eigenvalue weighted by Gasteiger charge is -2.26. The summed E-state index contributed by atoms with van der Waals surface area (Å²) in [5.41, 5.74) is 6.71. The van der Waals surface area contributed by atoms with E-state index in [1.165, 1.54) is 5.69 Å². The highest BCUT2D eigenvalue weighted by molar-refractivity contribution is 5.79. The van der Waals surface area contributed by atoms with Crippen LogP contribution in [0.15, 0.2) is 17.4 Å². The van der Waals surface area contributed by atoms with Crippen molar-refractivity contribution in [1.29, 1.82) is 0 Å². The Morgan fingerprint density at radius 1 is 1.56 bits per heavy atom. The van der Waals surface area contributed by atoms with Gasteiger partial charge in [-0.3, -0.25) is 4.68 Å². The molecule has 0 fully saturated rings. The number of aryl methyl sites for hydroxylation is 1. The van der Waals surface area contributed by atoms with E-state index in [1.807, 2.05) is 24.0 Å². The molecule has 0 bridgehead atoms. The molecule has 0 saturated heterocycles. The van der Waals surface area contributed by atoms with E-state index in [0.29, 0.717) is 12.5 Å².